The third kappa shape index (κ3) is 7.80. The molecule has 4 saturated carbocycles. The van der Waals surface area contributed by atoms with Gasteiger partial charge >= 0.3 is 0 Å². The van der Waals surface area contributed by atoms with Crippen molar-refractivity contribution in [2.24, 2.45) is 50.2 Å². The van der Waals surface area contributed by atoms with Crippen LogP contribution in [0.2, 0.25) is 0 Å². The highest BCUT2D eigenvalue weighted by molar-refractivity contribution is 5.34. The number of ether oxygens (including phenoxy) is 6. The molecule has 0 aromatic heterocycles. The van der Waals surface area contributed by atoms with Gasteiger partial charge in [0.25, 0.3) is 0 Å². The monoisotopic (exact) mass is 915 g/mol. The first kappa shape index (κ1) is 49.5. The maximum Gasteiger partial charge on any atom is 0.187 e. The smallest absolute Gasteiger partial charge is 0.187 e. The highest BCUT2D eigenvalue weighted by atomic mass is 16.8. The molecule has 368 valence electrons. The van der Waals surface area contributed by atoms with Crippen LogP contribution in [0.5, 0.6) is 0 Å². The Balaban J connectivity index is 1.03. The van der Waals surface area contributed by atoms with E-state index in [0.29, 0.717) is 13.0 Å². The standard InChI is InChI=1S/C47H78O17/c1-42(2)13-15-47(22-60-39-36(57)34(55)32(53)26(18-48)61-39)16-14-45(5)23(24(47)17-42)7-8-29-43(3)11-10-30(44(4,21-50)28(43)9-12-46(29,45)6)63-41-38(31(52)25(51)20-59-41)64-40-37(58)35(56)33(54)27(19-49)62-40/h7,24-41,48-58H,8-22H2,1-6H3/t24-,25-,26+,27+,28+,29+,30-,31-,32+,33+,34-,35-,36+,37+,38+,39+,40-,41-,43-,44-,45+,46+,47+/m0/s1. The van der Waals surface area contributed by atoms with E-state index in [1.165, 1.54) is 5.57 Å². The van der Waals surface area contributed by atoms with Gasteiger partial charge < -0.3 is 84.6 Å². The lowest BCUT2D eigenvalue weighted by atomic mass is 9.33. The zero-order valence-electron chi connectivity index (χ0n) is 38.4. The molecule has 64 heavy (non-hydrogen) atoms. The van der Waals surface area contributed by atoms with Crippen LogP contribution in [0, 0.1) is 50.2 Å². The predicted octanol–water partition coefficient (Wildman–Crippen LogP) is 0.225. The van der Waals surface area contributed by atoms with Crippen molar-refractivity contribution in [2.75, 3.05) is 33.0 Å². The lowest BCUT2D eigenvalue weighted by Gasteiger charge is -2.71. The average molecular weight is 915 g/mol. The zero-order valence-corrected chi connectivity index (χ0v) is 38.4. The SMILES string of the molecule is CC1(C)CC[C@]2(CO[C@@H]3O[C@H](CO)[C@@H](O)[C@H](O)[C@H]3O)CC[C@]3(C)C(=CC[C@@H]4[C@@]5(C)CC[C@H](O[C@@H]6OC[C@H](O)[C@H](O)[C@H]6O[C@@H]6O[C@H](CO)[C@@H](O)[C@H](O)[C@H]6O)[C@@](C)(CO)[C@@H]5CC[C@]43C)[C@@H]2C1. The minimum atomic E-state index is -1.75. The molecule has 3 heterocycles. The molecule has 5 aliphatic carbocycles. The molecule has 17 heteroatoms. The molecule has 0 radical (unpaired) electrons. The first-order valence-electron chi connectivity index (χ1n) is 23.9. The summed E-state index contributed by atoms with van der Waals surface area (Å²) >= 11 is 0. The van der Waals surface area contributed by atoms with Crippen molar-refractivity contribution < 1.29 is 84.6 Å². The van der Waals surface area contributed by atoms with E-state index in [9.17, 15) is 56.2 Å². The van der Waals surface area contributed by atoms with Crippen LogP contribution in [0.3, 0.4) is 0 Å². The molecule has 0 aromatic rings. The minimum absolute atomic E-state index is 0.0347. The number of aliphatic hydroxyl groups is 11. The third-order valence-corrected chi connectivity index (χ3v) is 19.1. The fourth-order valence-corrected chi connectivity index (χ4v) is 14.8. The highest BCUT2D eigenvalue weighted by Crippen LogP contribution is 2.76. The van der Waals surface area contributed by atoms with Gasteiger partial charge in [0.15, 0.2) is 18.9 Å². The van der Waals surface area contributed by atoms with E-state index in [2.05, 4.69) is 47.6 Å². The van der Waals surface area contributed by atoms with Crippen LogP contribution in [-0.2, 0) is 28.4 Å². The van der Waals surface area contributed by atoms with E-state index < -0.39 is 111 Å². The topological polar surface area (TPSA) is 278 Å². The van der Waals surface area contributed by atoms with Gasteiger partial charge in [0.2, 0.25) is 0 Å². The lowest BCUT2D eigenvalue weighted by molar-refractivity contribution is -0.368. The van der Waals surface area contributed by atoms with Crippen molar-refractivity contribution in [3.05, 3.63) is 11.6 Å². The van der Waals surface area contributed by atoms with Crippen molar-refractivity contribution in [2.45, 2.75) is 198 Å². The quantitative estimate of drug-likeness (QED) is 0.103. The molecule has 23 atom stereocenters. The maximum absolute atomic E-state index is 11.4. The molecular weight excluding hydrogens is 836 g/mol. The molecule has 3 aliphatic heterocycles. The normalized spacial score (nSPS) is 55.0. The van der Waals surface area contributed by atoms with Crippen molar-refractivity contribution >= 4 is 0 Å². The highest BCUT2D eigenvalue weighted by Gasteiger charge is 2.69. The number of hydrogen-bond donors (Lipinski definition) is 11. The Hall–Kier alpha value is -0.940. The number of allylic oxidation sites excluding steroid dienone is 2. The van der Waals surface area contributed by atoms with Gasteiger partial charge in [-0.25, -0.2) is 0 Å². The van der Waals surface area contributed by atoms with Crippen LogP contribution in [-0.4, -0.2) is 181 Å². The second kappa shape index (κ2) is 17.8. The molecule has 17 nitrogen and oxygen atoms in total. The molecule has 3 saturated heterocycles. The Labute approximate surface area is 376 Å². The predicted molar refractivity (Wildman–Crippen MR) is 225 cm³/mol. The van der Waals surface area contributed by atoms with Crippen LogP contribution < -0.4 is 0 Å². The van der Waals surface area contributed by atoms with E-state index in [1.54, 1.807) is 0 Å². The van der Waals surface area contributed by atoms with Crippen LogP contribution in [0.1, 0.15) is 106 Å². The molecular formula is C47H78O17. The summed E-state index contributed by atoms with van der Waals surface area (Å²) < 4.78 is 36.5. The second-order valence-corrected chi connectivity index (χ2v) is 23.0. The number of aliphatic hydroxyl groups excluding tert-OH is 11. The van der Waals surface area contributed by atoms with Gasteiger partial charge in [-0.15, -0.1) is 0 Å². The van der Waals surface area contributed by atoms with Gasteiger partial charge in [-0.3, -0.25) is 0 Å². The molecule has 11 N–H and O–H groups in total. The molecule has 8 rings (SSSR count). The van der Waals surface area contributed by atoms with E-state index in [4.69, 9.17) is 28.4 Å². The van der Waals surface area contributed by atoms with Crippen LogP contribution in [0.15, 0.2) is 11.6 Å². The van der Waals surface area contributed by atoms with Crippen molar-refractivity contribution in [1.29, 1.82) is 0 Å². The number of fused-ring (bicyclic) bond motifs is 7. The Kier molecular flexibility index (Phi) is 13.8. The Morgan fingerprint density at radius 1 is 0.641 bits per heavy atom. The van der Waals surface area contributed by atoms with Gasteiger partial charge in [0, 0.05) is 10.8 Å². The Morgan fingerprint density at radius 3 is 1.91 bits per heavy atom. The fraction of sp³-hybridized carbons (Fsp3) is 0.957. The van der Waals surface area contributed by atoms with Crippen LogP contribution >= 0.6 is 0 Å². The van der Waals surface area contributed by atoms with E-state index in [-0.39, 0.29) is 58.0 Å². The van der Waals surface area contributed by atoms with E-state index in [1.807, 2.05) is 0 Å². The molecule has 7 fully saturated rings. The molecule has 0 bridgehead atoms. The average Bonchev–Trinajstić information content (AvgIpc) is 3.26. The summed E-state index contributed by atoms with van der Waals surface area (Å²) in [6, 6.07) is 0. The van der Waals surface area contributed by atoms with Crippen molar-refractivity contribution in [1.82, 2.24) is 0 Å². The third-order valence-electron chi connectivity index (χ3n) is 19.1. The molecule has 0 aromatic carbocycles. The molecule has 0 spiro atoms. The molecule has 8 aliphatic rings. The summed E-state index contributed by atoms with van der Waals surface area (Å²) in [5.41, 5.74) is 0.158. The summed E-state index contributed by atoms with van der Waals surface area (Å²) in [6.45, 7) is 12.8. The van der Waals surface area contributed by atoms with Crippen LogP contribution in [0.4, 0.5) is 0 Å². The van der Waals surface area contributed by atoms with Crippen molar-refractivity contribution in [3.8, 4) is 0 Å². The largest absolute Gasteiger partial charge is 0.396 e. The maximum atomic E-state index is 11.4. The van der Waals surface area contributed by atoms with Gasteiger partial charge in [0.1, 0.15) is 67.1 Å². The Bertz CT molecular complexity index is 1680. The molecule has 0 unspecified atom stereocenters. The van der Waals surface area contributed by atoms with Crippen molar-refractivity contribution in [3.63, 3.8) is 0 Å². The van der Waals surface area contributed by atoms with E-state index in [0.717, 1.165) is 57.8 Å². The zero-order chi connectivity index (χ0) is 46.5. The first-order chi connectivity index (χ1) is 30.0. The number of rotatable bonds is 10. The summed E-state index contributed by atoms with van der Waals surface area (Å²) in [6.07, 6.45) is -9.44. The summed E-state index contributed by atoms with van der Waals surface area (Å²) in [5, 5.41) is 116. The van der Waals surface area contributed by atoms with Crippen LogP contribution in [0.25, 0.3) is 0 Å². The minimum Gasteiger partial charge on any atom is -0.396 e. The summed E-state index contributed by atoms with van der Waals surface area (Å²) in [7, 11) is 0. The fourth-order valence-electron chi connectivity index (χ4n) is 14.8. The van der Waals surface area contributed by atoms with E-state index >= 15 is 0 Å². The second-order valence-electron chi connectivity index (χ2n) is 23.0. The lowest BCUT2D eigenvalue weighted by Crippen LogP contribution is -2.67. The Morgan fingerprint density at radius 2 is 1.27 bits per heavy atom. The summed E-state index contributed by atoms with van der Waals surface area (Å²) in [4.78, 5) is 0. The van der Waals surface area contributed by atoms with Gasteiger partial charge in [-0.2, -0.15) is 0 Å². The first-order valence-corrected chi connectivity index (χ1v) is 23.9. The van der Waals surface area contributed by atoms with Gasteiger partial charge in [-0.1, -0.05) is 53.2 Å². The number of hydrogen-bond acceptors (Lipinski definition) is 17. The van der Waals surface area contributed by atoms with Gasteiger partial charge in [-0.05, 0) is 104 Å². The molecule has 0 amide bonds. The summed E-state index contributed by atoms with van der Waals surface area (Å²) in [5.74, 6) is 0.518. The van der Waals surface area contributed by atoms with Gasteiger partial charge in [0.05, 0.1) is 39.1 Å².